The summed E-state index contributed by atoms with van der Waals surface area (Å²) in [6.07, 6.45) is 1.03. The van der Waals surface area contributed by atoms with E-state index in [2.05, 4.69) is 35.8 Å². The third kappa shape index (κ3) is 2.99. The van der Waals surface area contributed by atoms with Crippen LogP contribution in [0.5, 0.6) is 0 Å². The first-order valence-electron chi connectivity index (χ1n) is 6.03. The Morgan fingerprint density at radius 3 is 2.76 bits per heavy atom. The normalized spacial score (nSPS) is 12.9. The van der Waals surface area contributed by atoms with Crippen molar-refractivity contribution in [3.8, 4) is 0 Å². The fourth-order valence-electron chi connectivity index (χ4n) is 2.16. The van der Waals surface area contributed by atoms with Crippen molar-refractivity contribution in [2.45, 2.75) is 33.2 Å². The van der Waals surface area contributed by atoms with E-state index in [9.17, 15) is 0 Å². The van der Waals surface area contributed by atoms with Crippen molar-refractivity contribution in [1.29, 1.82) is 0 Å². The molecular weight excluding hydrogens is 230 g/mol. The molecular formula is C14H19NOS. The number of aryl methyl sites for hydroxylation is 2. The number of nitrogens with one attached hydrogen (secondary N) is 1. The first-order chi connectivity index (χ1) is 8.20. The Hall–Kier alpha value is -1.06. The molecule has 1 unspecified atom stereocenters. The minimum absolute atomic E-state index is 0.357. The van der Waals surface area contributed by atoms with Gasteiger partial charge in [-0.05, 0) is 37.9 Å². The number of hydrogen-bond donors (Lipinski definition) is 1. The first kappa shape index (κ1) is 12.4. The molecule has 0 amide bonds. The number of thiophene rings is 1. The molecule has 2 nitrogen and oxygen atoms in total. The van der Waals surface area contributed by atoms with Gasteiger partial charge in [-0.3, -0.25) is 0 Å². The van der Waals surface area contributed by atoms with Gasteiger partial charge in [-0.25, -0.2) is 0 Å². The Morgan fingerprint density at radius 2 is 2.24 bits per heavy atom. The summed E-state index contributed by atoms with van der Waals surface area (Å²) >= 11 is 1.81. The van der Waals surface area contributed by atoms with E-state index < -0.39 is 0 Å². The number of furan rings is 1. The van der Waals surface area contributed by atoms with E-state index in [1.54, 1.807) is 0 Å². The van der Waals surface area contributed by atoms with Crippen LogP contribution in [0, 0.1) is 13.8 Å². The van der Waals surface area contributed by atoms with Gasteiger partial charge in [-0.15, -0.1) is 11.3 Å². The zero-order valence-electron chi connectivity index (χ0n) is 10.6. The van der Waals surface area contributed by atoms with Crippen molar-refractivity contribution in [3.05, 3.63) is 45.5 Å². The predicted octanol–water partition coefficient (Wildman–Crippen LogP) is 3.85. The van der Waals surface area contributed by atoms with Gasteiger partial charge in [0.2, 0.25) is 0 Å². The quantitative estimate of drug-likeness (QED) is 0.870. The molecule has 3 heteroatoms. The van der Waals surface area contributed by atoms with Crippen LogP contribution in [0.1, 0.15) is 34.9 Å². The van der Waals surface area contributed by atoms with Gasteiger partial charge in [0.25, 0.3) is 0 Å². The molecule has 17 heavy (non-hydrogen) atoms. The van der Waals surface area contributed by atoms with Crippen LogP contribution in [0.2, 0.25) is 0 Å². The van der Waals surface area contributed by atoms with Crippen LogP contribution in [-0.2, 0) is 6.42 Å². The largest absolute Gasteiger partial charge is 0.466 e. The summed E-state index contributed by atoms with van der Waals surface area (Å²) in [5.41, 5.74) is 1.29. The van der Waals surface area contributed by atoms with Gasteiger partial charge in [0.05, 0.1) is 0 Å². The maximum atomic E-state index is 5.62. The fraction of sp³-hybridized carbons (Fsp3) is 0.429. The molecule has 2 aromatic heterocycles. The molecule has 0 radical (unpaired) electrons. The lowest BCUT2D eigenvalue weighted by atomic mass is 10.0. The fourth-order valence-corrected chi connectivity index (χ4v) is 2.92. The lowest BCUT2D eigenvalue weighted by Gasteiger charge is -2.16. The average molecular weight is 249 g/mol. The molecule has 0 aliphatic rings. The SMILES string of the molecule is CCNC(Cc1cccs1)c1cc(C)oc1C. The smallest absolute Gasteiger partial charge is 0.105 e. The van der Waals surface area contributed by atoms with Crippen LogP contribution >= 0.6 is 11.3 Å². The lowest BCUT2D eigenvalue weighted by Crippen LogP contribution is -2.22. The van der Waals surface area contributed by atoms with E-state index in [0.717, 1.165) is 24.5 Å². The summed E-state index contributed by atoms with van der Waals surface area (Å²) in [5.74, 6) is 2.02. The second kappa shape index (κ2) is 5.52. The van der Waals surface area contributed by atoms with Gasteiger partial charge >= 0.3 is 0 Å². The van der Waals surface area contributed by atoms with Crippen LogP contribution in [0.4, 0.5) is 0 Å². The van der Waals surface area contributed by atoms with Crippen LogP contribution in [0.15, 0.2) is 28.0 Å². The summed E-state index contributed by atoms with van der Waals surface area (Å²) < 4.78 is 5.62. The summed E-state index contributed by atoms with van der Waals surface area (Å²) in [6.45, 7) is 7.16. The Balaban J connectivity index is 2.19. The third-order valence-corrected chi connectivity index (χ3v) is 3.79. The van der Waals surface area contributed by atoms with E-state index in [1.807, 2.05) is 25.2 Å². The molecule has 0 aromatic carbocycles. The van der Waals surface area contributed by atoms with E-state index in [4.69, 9.17) is 4.42 Å². The molecule has 0 fully saturated rings. The van der Waals surface area contributed by atoms with Gasteiger partial charge in [0.15, 0.2) is 0 Å². The molecule has 2 aromatic rings. The maximum Gasteiger partial charge on any atom is 0.105 e. The van der Waals surface area contributed by atoms with E-state index >= 15 is 0 Å². The second-order valence-corrected chi connectivity index (χ2v) is 5.29. The summed E-state index contributed by atoms with van der Waals surface area (Å²) in [6, 6.07) is 6.81. The monoisotopic (exact) mass is 249 g/mol. The summed E-state index contributed by atoms with van der Waals surface area (Å²) in [4.78, 5) is 1.41. The van der Waals surface area contributed by atoms with Gasteiger partial charge in [-0.1, -0.05) is 13.0 Å². The van der Waals surface area contributed by atoms with Crippen molar-refractivity contribution >= 4 is 11.3 Å². The topological polar surface area (TPSA) is 25.2 Å². The molecule has 0 aliphatic carbocycles. The van der Waals surface area contributed by atoms with Crippen molar-refractivity contribution in [3.63, 3.8) is 0 Å². The van der Waals surface area contributed by atoms with Gasteiger partial charge in [0, 0.05) is 22.9 Å². The highest BCUT2D eigenvalue weighted by Gasteiger charge is 2.17. The van der Waals surface area contributed by atoms with Gasteiger partial charge < -0.3 is 9.73 Å². The summed E-state index contributed by atoms with van der Waals surface area (Å²) in [5, 5.41) is 5.67. The molecule has 1 N–H and O–H groups in total. The first-order valence-corrected chi connectivity index (χ1v) is 6.91. The van der Waals surface area contributed by atoms with Gasteiger partial charge in [0.1, 0.15) is 11.5 Å². The number of rotatable bonds is 5. The minimum Gasteiger partial charge on any atom is -0.466 e. The summed E-state index contributed by atoms with van der Waals surface area (Å²) in [7, 11) is 0. The van der Waals surface area contributed by atoms with Crippen LogP contribution in [-0.4, -0.2) is 6.54 Å². The third-order valence-electron chi connectivity index (χ3n) is 2.89. The molecule has 0 saturated carbocycles. The Bertz CT molecular complexity index is 459. The molecule has 0 spiro atoms. The van der Waals surface area contributed by atoms with Crippen LogP contribution in [0.3, 0.4) is 0 Å². The highest BCUT2D eigenvalue weighted by molar-refractivity contribution is 7.09. The molecule has 92 valence electrons. The van der Waals surface area contributed by atoms with Crippen molar-refractivity contribution in [1.82, 2.24) is 5.32 Å². The Labute approximate surface area is 107 Å². The zero-order valence-corrected chi connectivity index (χ0v) is 11.4. The molecule has 2 heterocycles. The lowest BCUT2D eigenvalue weighted by molar-refractivity contribution is 0.485. The molecule has 1 atom stereocenters. The Morgan fingerprint density at radius 1 is 1.41 bits per heavy atom. The van der Waals surface area contributed by atoms with E-state index in [1.165, 1.54) is 10.4 Å². The zero-order chi connectivity index (χ0) is 12.3. The van der Waals surface area contributed by atoms with Crippen molar-refractivity contribution < 1.29 is 4.42 Å². The predicted molar refractivity (Wildman–Crippen MR) is 72.6 cm³/mol. The second-order valence-electron chi connectivity index (χ2n) is 4.26. The maximum absolute atomic E-state index is 5.62. The van der Waals surface area contributed by atoms with Crippen LogP contribution in [0.25, 0.3) is 0 Å². The number of hydrogen-bond acceptors (Lipinski definition) is 3. The van der Waals surface area contributed by atoms with E-state index in [0.29, 0.717) is 6.04 Å². The van der Waals surface area contributed by atoms with Crippen LogP contribution < -0.4 is 5.32 Å². The van der Waals surface area contributed by atoms with Crippen molar-refractivity contribution in [2.24, 2.45) is 0 Å². The van der Waals surface area contributed by atoms with Crippen molar-refractivity contribution in [2.75, 3.05) is 6.54 Å². The molecule has 0 aliphatic heterocycles. The molecule has 0 bridgehead atoms. The molecule has 2 rings (SSSR count). The Kier molecular flexibility index (Phi) is 4.02. The highest BCUT2D eigenvalue weighted by Crippen LogP contribution is 2.26. The standard InChI is InChI=1S/C14H19NOS/c1-4-15-14(9-12-6-5-7-17-12)13-8-10(2)16-11(13)3/h5-8,14-15H,4,9H2,1-3H3. The van der Waals surface area contributed by atoms with Gasteiger partial charge in [-0.2, -0.15) is 0 Å². The molecule has 0 saturated heterocycles. The van der Waals surface area contributed by atoms with E-state index in [-0.39, 0.29) is 0 Å². The average Bonchev–Trinajstić information content (AvgIpc) is 2.88. The minimum atomic E-state index is 0.357. The highest BCUT2D eigenvalue weighted by atomic mass is 32.1. The number of likely N-dealkylation sites (N-methyl/N-ethyl adjacent to an activating group) is 1.